The fourth-order valence-electron chi connectivity index (χ4n) is 1.07. The minimum absolute atomic E-state index is 0.197. The van der Waals surface area contributed by atoms with Crippen LogP contribution in [0.5, 0.6) is 0 Å². The van der Waals surface area contributed by atoms with Crippen molar-refractivity contribution in [1.82, 2.24) is 0 Å². The molecule has 1 fully saturated rings. The number of hydrogen-bond donors (Lipinski definition) is 1. The van der Waals surface area contributed by atoms with Crippen molar-refractivity contribution in [3.8, 4) is 0 Å². The Labute approximate surface area is 64.8 Å². The molecule has 0 atom stereocenters. The fourth-order valence-corrected chi connectivity index (χ4v) is 1.07. The third-order valence-corrected chi connectivity index (χ3v) is 2.04. The van der Waals surface area contributed by atoms with Gasteiger partial charge in [0.25, 0.3) is 0 Å². The van der Waals surface area contributed by atoms with E-state index in [1.807, 2.05) is 0 Å². The Kier molecular flexibility index (Phi) is 2.12. The number of oxime groups is 1. The van der Waals surface area contributed by atoms with Crippen LogP contribution in [0.2, 0.25) is 0 Å². The topological polar surface area (TPSA) is 58.9 Å². The first-order valence-electron chi connectivity index (χ1n) is 3.49. The number of esters is 1. The summed E-state index contributed by atoms with van der Waals surface area (Å²) in [4.78, 5) is 11.0. The molecule has 0 aromatic carbocycles. The van der Waals surface area contributed by atoms with Crippen molar-refractivity contribution < 1.29 is 14.7 Å². The first-order valence-corrected chi connectivity index (χ1v) is 3.49. The normalized spacial score (nSPS) is 20.1. The first kappa shape index (κ1) is 8.04. The summed E-state index contributed by atoms with van der Waals surface area (Å²) in [6.07, 6.45) is 3.50. The van der Waals surface area contributed by atoms with E-state index in [0.29, 0.717) is 6.42 Å². The maximum absolute atomic E-state index is 11.0. The molecule has 0 heterocycles. The summed E-state index contributed by atoms with van der Waals surface area (Å²) >= 11 is 0. The van der Waals surface area contributed by atoms with E-state index < -0.39 is 0 Å². The Hall–Kier alpha value is -1.06. The van der Waals surface area contributed by atoms with Gasteiger partial charge < -0.3 is 9.94 Å². The molecular weight excluding hydrogens is 146 g/mol. The number of methoxy groups -OCH3 is 1. The third-order valence-electron chi connectivity index (χ3n) is 2.04. The van der Waals surface area contributed by atoms with Crippen LogP contribution >= 0.6 is 0 Å². The average Bonchev–Trinajstić information content (AvgIpc) is 2.80. The predicted molar refractivity (Wildman–Crippen MR) is 38.6 cm³/mol. The van der Waals surface area contributed by atoms with Crippen molar-refractivity contribution >= 4 is 12.2 Å². The fraction of sp³-hybridized carbons (Fsp3) is 0.714. The van der Waals surface area contributed by atoms with Gasteiger partial charge >= 0.3 is 5.97 Å². The molecule has 0 aromatic heterocycles. The zero-order valence-electron chi connectivity index (χ0n) is 6.41. The van der Waals surface area contributed by atoms with Crippen LogP contribution in [0.4, 0.5) is 0 Å². The zero-order valence-corrected chi connectivity index (χ0v) is 6.41. The summed E-state index contributed by atoms with van der Waals surface area (Å²) in [7, 11) is 1.37. The smallest absolute Gasteiger partial charge is 0.312 e. The van der Waals surface area contributed by atoms with E-state index in [9.17, 15) is 4.79 Å². The maximum Gasteiger partial charge on any atom is 0.312 e. The Morgan fingerprint density at radius 2 is 2.45 bits per heavy atom. The van der Waals surface area contributed by atoms with Gasteiger partial charge in [-0.15, -0.1) is 5.16 Å². The quantitative estimate of drug-likeness (QED) is 0.285. The summed E-state index contributed by atoms with van der Waals surface area (Å²) in [6, 6.07) is 0. The molecule has 0 aliphatic heterocycles. The van der Waals surface area contributed by atoms with E-state index in [1.54, 1.807) is 0 Å². The van der Waals surface area contributed by atoms with Crippen LogP contribution in [0.25, 0.3) is 0 Å². The molecule has 0 radical (unpaired) electrons. The Morgan fingerprint density at radius 3 is 2.82 bits per heavy atom. The van der Waals surface area contributed by atoms with E-state index in [0.717, 1.165) is 12.8 Å². The summed E-state index contributed by atoms with van der Waals surface area (Å²) < 4.78 is 4.59. The summed E-state index contributed by atoms with van der Waals surface area (Å²) in [5, 5.41) is 11.0. The molecule has 4 heteroatoms. The standard InChI is InChI=1S/C7H11NO3/c1-11-6(9)7(2-3-7)4-5-8-10/h5,10H,2-4H2,1H3. The molecule has 1 aliphatic rings. The van der Waals surface area contributed by atoms with Gasteiger partial charge in [-0.3, -0.25) is 4.79 Å². The van der Waals surface area contributed by atoms with Gasteiger partial charge in [0.2, 0.25) is 0 Å². The second-order valence-electron chi connectivity index (χ2n) is 2.77. The van der Waals surface area contributed by atoms with Crippen LogP contribution in [-0.2, 0) is 9.53 Å². The number of carbonyl (C=O) groups is 1. The largest absolute Gasteiger partial charge is 0.469 e. The predicted octanol–water partition coefficient (Wildman–Crippen LogP) is 0.790. The van der Waals surface area contributed by atoms with Gasteiger partial charge in [-0.2, -0.15) is 0 Å². The van der Waals surface area contributed by atoms with Gasteiger partial charge in [0.1, 0.15) is 0 Å². The van der Waals surface area contributed by atoms with E-state index in [4.69, 9.17) is 5.21 Å². The van der Waals surface area contributed by atoms with Gasteiger partial charge in [0, 0.05) is 12.6 Å². The van der Waals surface area contributed by atoms with Crippen molar-refractivity contribution in [3.63, 3.8) is 0 Å². The number of rotatable bonds is 3. The Bertz CT molecular complexity index is 184. The number of nitrogens with zero attached hydrogens (tertiary/aromatic N) is 1. The molecule has 0 amide bonds. The molecule has 4 nitrogen and oxygen atoms in total. The lowest BCUT2D eigenvalue weighted by molar-refractivity contribution is -0.146. The third kappa shape index (κ3) is 1.50. The Balaban J connectivity index is 2.47. The minimum Gasteiger partial charge on any atom is -0.469 e. The van der Waals surface area contributed by atoms with Crippen LogP contribution in [0.1, 0.15) is 19.3 Å². The van der Waals surface area contributed by atoms with E-state index in [-0.39, 0.29) is 11.4 Å². The van der Waals surface area contributed by atoms with Crippen LogP contribution in [0.15, 0.2) is 5.16 Å². The lowest BCUT2D eigenvalue weighted by Gasteiger charge is -2.07. The maximum atomic E-state index is 11.0. The van der Waals surface area contributed by atoms with Gasteiger partial charge in [-0.05, 0) is 12.8 Å². The van der Waals surface area contributed by atoms with Crippen LogP contribution < -0.4 is 0 Å². The first-order chi connectivity index (χ1) is 5.25. The molecule has 0 unspecified atom stereocenters. The molecular formula is C7H11NO3. The second kappa shape index (κ2) is 2.90. The average molecular weight is 157 g/mol. The monoisotopic (exact) mass is 157 g/mol. The van der Waals surface area contributed by atoms with E-state index in [1.165, 1.54) is 13.3 Å². The highest BCUT2D eigenvalue weighted by atomic mass is 16.5. The van der Waals surface area contributed by atoms with Gasteiger partial charge in [-0.25, -0.2) is 0 Å². The summed E-state index contributed by atoms with van der Waals surface area (Å²) in [5.74, 6) is -0.197. The van der Waals surface area contributed by atoms with Gasteiger partial charge in [0.05, 0.1) is 12.5 Å². The lowest BCUT2D eigenvalue weighted by atomic mass is 10.0. The van der Waals surface area contributed by atoms with E-state index in [2.05, 4.69) is 9.89 Å². The van der Waals surface area contributed by atoms with Crippen LogP contribution in [0, 0.1) is 5.41 Å². The molecule has 1 N–H and O–H groups in total. The summed E-state index contributed by atoms with van der Waals surface area (Å²) in [5.41, 5.74) is -0.360. The molecule has 0 saturated heterocycles. The second-order valence-corrected chi connectivity index (χ2v) is 2.77. The molecule has 62 valence electrons. The number of carbonyl (C=O) groups excluding carboxylic acids is 1. The molecule has 1 saturated carbocycles. The molecule has 11 heavy (non-hydrogen) atoms. The number of hydrogen-bond acceptors (Lipinski definition) is 4. The number of ether oxygens (including phenoxy) is 1. The van der Waals surface area contributed by atoms with Crippen molar-refractivity contribution in [2.24, 2.45) is 10.6 Å². The molecule has 1 aliphatic carbocycles. The SMILES string of the molecule is COC(=O)C1(CC=NO)CC1. The van der Waals surface area contributed by atoms with E-state index >= 15 is 0 Å². The zero-order chi connectivity index (χ0) is 8.32. The molecule has 0 aromatic rings. The van der Waals surface area contributed by atoms with Crippen molar-refractivity contribution in [2.45, 2.75) is 19.3 Å². The lowest BCUT2D eigenvalue weighted by Crippen LogP contribution is -2.17. The molecule has 0 bridgehead atoms. The van der Waals surface area contributed by atoms with Crippen molar-refractivity contribution in [1.29, 1.82) is 0 Å². The highest BCUT2D eigenvalue weighted by Crippen LogP contribution is 2.49. The van der Waals surface area contributed by atoms with Crippen molar-refractivity contribution in [2.75, 3.05) is 7.11 Å². The van der Waals surface area contributed by atoms with Crippen molar-refractivity contribution in [3.05, 3.63) is 0 Å². The van der Waals surface area contributed by atoms with Crippen LogP contribution in [-0.4, -0.2) is 24.5 Å². The van der Waals surface area contributed by atoms with Gasteiger partial charge in [-0.1, -0.05) is 0 Å². The Morgan fingerprint density at radius 1 is 1.82 bits per heavy atom. The minimum atomic E-state index is -0.360. The molecule has 0 spiro atoms. The summed E-state index contributed by atoms with van der Waals surface area (Å²) in [6.45, 7) is 0. The molecule has 1 rings (SSSR count). The highest BCUT2D eigenvalue weighted by Gasteiger charge is 2.50. The highest BCUT2D eigenvalue weighted by molar-refractivity contribution is 5.83. The van der Waals surface area contributed by atoms with Crippen LogP contribution in [0.3, 0.4) is 0 Å². The van der Waals surface area contributed by atoms with Gasteiger partial charge in [0.15, 0.2) is 0 Å².